The molecule has 0 aliphatic rings. The van der Waals surface area contributed by atoms with E-state index in [1.165, 1.54) is 12.1 Å². The zero-order valence-electron chi connectivity index (χ0n) is 10.6. The average Bonchev–Trinajstić information content (AvgIpc) is 2.37. The molecule has 0 bridgehead atoms. The van der Waals surface area contributed by atoms with Crippen molar-refractivity contribution >= 4 is 27.8 Å². The lowest BCUT2D eigenvalue weighted by atomic mass is 9.99. The van der Waals surface area contributed by atoms with Crippen LogP contribution in [-0.2, 0) is 4.79 Å². The second kappa shape index (κ2) is 6.65. The van der Waals surface area contributed by atoms with Crippen molar-refractivity contribution in [1.29, 1.82) is 0 Å². The smallest absolute Gasteiger partial charge is 0.326 e. The van der Waals surface area contributed by atoms with E-state index in [1.807, 2.05) is 6.92 Å². The quantitative estimate of drug-likeness (QED) is 0.871. The van der Waals surface area contributed by atoms with Gasteiger partial charge >= 0.3 is 5.97 Å². The monoisotopic (exact) mass is 331 g/mol. The van der Waals surface area contributed by atoms with Gasteiger partial charge in [-0.15, -0.1) is 0 Å². The number of nitrogens with one attached hydrogen (secondary N) is 1. The van der Waals surface area contributed by atoms with Crippen molar-refractivity contribution < 1.29 is 19.1 Å². The van der Waals surface area contributed by atoms with Crippen molar-refractivity contribution in [1.82, 2.24) is 5.32 Å². The van der Waals surface area contributed by atoms with Crippen molar-refractivity contribution in [3.05, 3.63) is 34.1 Å². The molecule has 19 heavy (non-hydrogen) atoms. The number of benzene rings is 1. The Morgan fingerprint density at radius 1 is 1.47 bits per heavy atom. The van der Waals surface area contributed by atoms with Gasteiger partial charge in [0.2, 0.25) is 0 Å². The molecule has 1 rings (SSSR count). The van der Waals surface area contributed by atoms with E-state index < -0.39 is 23.7 Å². The Hall–Kier alpha value is -1.43. The number of amides is 1. The minimum atomic E-state index is -1.10. The highest BCUT2D eigenvalue weighted by Gasteiger charge is 2.26. The van der Waals surface area contributed by atoms with Crippen LogP contribution < -0.4 is 5.32 Å². The summed E-state index contributed by atoms with van der Waals surface area (Å²) in [6, 6.07) is 2.69. The molecule has 0 saturated heterocycles. The Morgan fingerprint density at radius 3 is 2.63 bits per heavy atom. The summed E-state index contributed by atoms with van der Waals surface area (Å²) in [5, 5.41) is 11.5. The second-order valence-corrected chi connectivity index (χ2v) is 5.15. The van der Waals surface area contributed by atoms with Crippen LogP contribution in [-0.4, -0.2) is 23.0 Å². The molecule has 1 aromatic carbocycles. The van der Waals surface area contributed by atoms with Gasteiger partial charge in [-0.2, -0.15) is 0 Å². The molecule has 0 aliphatic heterocycles. The molecular formula is C13H15BrFNO3. The normalized spacial score (nSPS) is 13.7. The lowest BCUT2D eigenvalue weighted by molar-refractivity contribution is -0.140. The van der Waals surface area contributed by atoms with E-state index in [0.29, 0.717) is 10.9 Å². The van der Waals surface area contributed by atoms with E-state index in [2.05, 4.69) is 21.2 Å². The lowest BCUT2D eigenvalue weighted by Crippen LogP contribution is -2.45. The maximum absolute atomic E-state index is 13.1. The summed E-state index contributed by atoms with van der Waals surface area (Å²) in [6.45, 7) is 3.57. The Balaban J connectivity index is 2.94. The van der Waals surface area contributed by atoms with Crippen LogP contribution in [0.15, 0.2) is 22.7 Å². The molecule has 104 valence electrons. The van der Waals surface area contributed by atoms with E-state index in [-0.39, 0.29) is 11.5 Å². The highest BCUT2D eigenvalue weighted by molar-refractivity contribution is 9.10. The standard InChI is InChI=1S/C13H15BrFNO3/c1-3-7(2)11(13(18)19)16-12(17)9-6-8(15)4-5-10(9)14/h4-7,11H,3H2,1-2H3,(H,16,17)(H,18,19)/t7-,11-/m0/s1. The molecule has 0 unspecified atom stereocenters. The summed E-state index contributed by atoms with van der Waals surface area (Å²) >= 11 is 3.14. The van der Waals surface area contributed by atoms with Crippen molar-refractivity contribution in [3.63, 3.8) is 0 Å². The number of carbonyl (C=O) groups excluding carboxylic acids is 1. The first-order valence-corrected chi connectivity index (χ1v) is 6.64. The zero-order chi connectivity index (χ0) is 14.6. The van der Waals surface area contributed by atoms with Crippen LogP contribution in [0.25, 0.3) is 0 Å². The molecular weight excluding hydrogens is 317 g/mol. The first-order chi connectivity index (χ1) is 8.86. The van der Waals surface area contributed by atoms with Crippen LogP contribution in [0.2, 0.25) is 0 Å². The first kappa shape index (κ1) is 15.6. The fourth-order valence-corrected chi connectivity index (χ4v) is 2.00. The van der Waals surface area contributed by atoms with Crippen molar-refractivity contribution in [2.75, 3.05) is 0 Å². The fourth-order valence-electron chi connectivity index (χ4n) is 1.57. The van der Waals surface area contributed by atoms with Crippen LogP contribution >= 0.6 is 15.9 Å². The summed E-state index contributed by atoms with van der Waals surface area (Å²) in [6.07, 6.45) is 0.613. The maximum Gasteiger partial charge on any atom is 0.326 e. The molecule has 6 heteroatoms. The van der Waals surface area contributed by atoms with Crippen molar-refractivity contribution in [2.24, 2.45) is 5.92 Å². The predicted molar refractivity (Wildman–Crippen MR) is 72.4 cm³/mol. The van der Waals surface area contributed by atoms with Gasteiger partial charge in [0.05, 0.1) is 5.56 Å². The molecule has 0 aliphatic carbocycles. The summed E-state index contributed by atoms with van der Waals surface area (Å²) < 4.78 is 13.5. The Kier molecular flexibility index (Phi) is 5.47. The van der Waals surface area contributed by atoms with E-state index in [0.717, 1.165) is 6.07 Å². The summed E-state index contributed by atoms with van der Waals surface area (Å²) in [4.78, 5) is 23.1. The number of hydrogen-bond acceptors (Lipinski definition) is 2. The van der Waals surface area contributed by atoms with E-state index in [9.17, 15) is 14.0 Å². The van der Waals surface area contributed by atoms with E-state index in [4.69, 9.17) is 5.11 Å². The zero-order valence-corrected chi connectivity index (χ0v) is 12.2. The molecule has 4 nitrogen and oxygen atoms in total. The van der Waals surface area contributed by atoms with Crippen molar-refractivity contribution in [3.8, 4) is 0 Å². The third-order valence-electron chi connectivity index (χ3n) is 2.94. The van der Waals surface area contributed by atoms with Gasteiger partial charge in [0.15, 0.2) is 0 Å². The number of carboxylic acid groups (broad SMARTS) is 1. The minimum absolute atomic E-state index is 0.0783. The van der Waals surface area contributed by atoms with Gasteiger partial charge in [-0.05, 0) is 40.0 Å². The first-order valence-electron chi connectivity index (χ1n) is 5.85. The Morgan fingerprint density at radius 2 is 2.11 bits per heavy atom. The summed E-state index contributed by atoms with van der Waals surface area (Å²) in [5.74, 6) is -2.48. The second-order valence-electron chi connectivity index (χ2n) is 4.30. The van der Waals surface area contributed by atoms with Gasteiger partial charge in [-0.1, -0.05) is 20.3 Å². The van der Waals surface area contributed by atoms with Gasteiger partial charge in [0, 0.05) is 4.47 Å². The van der Waals surface area contributed by atoms with Crippen LogP contribution in [0.3, 0.4) is 0 Å². The molecule has 0 radical (unpaired) electrons. The van der Waals surface area contributed by atoms with Gasteiger partial charge in [-0.25, -0.2) is 9.18 Å². The Bertz CT molecular complexity index is 493. The topological polar surface area (TPSA) is 66.4 Å². The van der Waals surface area contributed by atoms with Gasteiger partial charge in [0.1, 0.15) is 11.9 Å². The molecule has 0 fully saturated rings. The minimum Gasteiger partial charge on any atom is -0.480 e. The predicted octanol–water partition coefficient (Wildman–Crippen LogP) is 2.82. The number of carbonyl (C=O) groups is 2. The fraction of sp³-hybridized carbons (Fsp3) is 0.385. The van der Waals surface area contributed by atoms with Crippen LogP contribution in [0.4, 0.5) is 4.39 Å². The van der Waals surface area contributed by atoms with E-state index in [1.54, 1.807) is 6.92 Å². The highest BCUT2D eigenvalue weighted by Crippen LogP contribution is 2.18. The molecule has 2 N–H and O–H groups in total. The third-order valence-corrected chi connectivity index (χ3v) is 3.63. The SMILES string of the molecule is CC[C@H](C)[C@H](NC(=O)c1cc(F)ccc1Br)C(=O)O. The van der Waals surface area contributed by atoms with Crippen molar-refractivity contribution in [2.45, 2.75) is 26.3 Å². The largest absolute Gasteiger partial charge is 0.480 e. The average molecular weight is 332 g/mol. The lowest BCUT2D eigenvalue weighted by Gasteiger charge is -2.20. The number of aliphatic carboxylic acids is 1. The maximum atomic E-state index is 13.1. The highest BCUT2D eigenvalue weighted by atomic mass is 79.9. The Labute approximate surface area is 119 Å². The molecule has 0 saturated carbocycles. The molecule has 1 aromatic rings. The summed E-state index contributed by atoms with van der Waals surface area (Å²) in [5.41, 5.74) is 0.0783. The van der Waals surface area contributed by atoms with Gasteiger partial charge < -0.3 is 10.4 Å². The number of rotatable bonds is 5. The van der Waals surface area contributed by atoms with Gasteiger partial charge in [-0.3, -0.25) is 4.79 Å². The molecule has 0 spiro atoms. The molecule has 2 atom stereocenters. The molecule has 0 aromatic heterocycles. The molecule has 1 amide bonds. The molecule has 0 heterocycles. The number of carboxylic acids is 1. The third kappa shape index (κ3) is 4.02. The van der Waals surface area contributed by atoms with Crippen LogP contribution in [0.1, 0.15) is 30.6 Å². The van der Waals surface area contributed by atoms with Crippen LogP contribution in [0.5, 0.6) is 0 Å². The van der Waals surface area contributed by atoms with Crippen LogP contribution in [0, 0.1) is 11.7 Å². The summed E-state index contributed by atoms with van der Waals surface area (Å²) in [7, 11) is 0. The van der Waals surface area contributed by atoms with E-state index >= 15 is 0 Å². The van der Waals surface area contributed by atoms with Gasteiger partial charge in [0.25, 0.3) is 5.91 Å². The number of hydrogen-bond donors (Lipinski definition) is 2. The number of halogens is 2.